The average Bonchev–Trinajstić information content (AvgIpc) is 2.59. The molecule has 124 valence electrons. The summed E-state index contributed by atoms with van der Waals surface area (Å²) in [7, 11) is -4.72. The smallest absolute Gasteiger partial charge is 0.306 e. The Bertz CT molecular complexity index is 765. The highest BCUT2D eigenvalue weighted by molar-refractivity contribution is 7.54. The van der Waals surface area contributed by atoms with Crippen molar-refractivity contribution in [3.05, 3.63) is 35.9 Å². The van der Waals surface area contributed by atoms with Crippen LogP contribution in [0.1, 0.15) is 35.9 Å². The molecule has 1 aliphatic rings. The molecular weight excluding hydrogens is 342 g/mol. The largest absolute Gasteiger partial charge is 0.346 e. The van der Waals surface area contributed by atoms with Crippen molar-refractivity contribution in [1.29, 1.82) is 0 Å². The maximum Gasteiger partial charge on any atom is 0.346 e. The molecule has 1 aromatic carbocycles. The molecule has 2 atom stereocenters. The van der Waals surface area contributed by atoms with Gasteiger partial charge in [0.25, 0.3) is 0 Å². The lowest BCUT2D eigenvalue weighted by molar-refractivity contribution is 0.148. The van der Waals surface area contributed by atoms with Crippen molar-refractivity contribution >= 4 is 30.9 Å². The van der Waals surface area contributed by atoms with E-state index in [0.29, 0.717) is 12.0 Å². The number of halogens is 2. The molecule has 4 nitrogen and oxygen atoms in total. The highest BCUT2D eigenvalue weighted by atomic mass is 35.5. The van der Waals surface area contributed by atoms with E-state index in [2.05, 4.69) is 0 Å². The molecule has 0 spiro atoms. The van der Waals surface area contributed by atoms with Gasteiger partial charge in [-0.05, 0) is 18.9 Å². The Kier molecular flexibility index (Phi) is 3.95. The highest BCUT2D eigenvalue weighted by Crippen LogP contribution is 2.59. The number of hydrogen-bond acceptors (Lipinski definition) is 2. The zero-order chi connectivity index (χ0) is 23.2. The maximum absolute atomic E-state index is 14.2. The molecule has 0 radical (unpaired) electrons. The Morgan fingerprint density at radius 3 is 2.59 bits per heavy atom. The average molecular weight is 381 g/mol. The van der Waals surface area contributed by atoms with E-state index in [-0.39, 0.29) is 17.8 Å². The molecule has 0 aliphatic carbocycles. The molecule has 0 N–H and O–H groups in total. The summed E-state index contributed by atoms with van der Waals surface area (Å²) in [5.41, 5.74) is 0.673. The Morgan fingerprint density at radius 2 is 2.00 bits per heavy atom. The molecule has 2 rings (SSSR count). The molecule has 1 saturated heterocycles. The summed E-state index contributed by atoms with van der Waals surface area (Å²) >= 11 is 11.2. The Hall–Kier alpha value is -0.0900. The standard InChI is InChI=1S/C15H23Cl2N2O2P/c1-14(15-6-3-2-4-7-15)19-10-5-13-21-22(19,20)18(11-8-16)12-9-17/h2-4,6-7,14H,5,8-13H2,1H3/i8T2,9T2,11T2,12T2. The fourth-order valence-corrected chi connectivity index (χ4v) is 4.80. The van der Waals surface area contributed by atoms with Gasteiger partial charge in [-0.15, -0.1) is 23.2 Å². The molecular formula is C15H23Cl2N2O2P. The SMILES string of the molecule is [3H]C([3H])(Cl)C([3H])([3H])N(C([3H])([3H])C([3H])([3H])Cl)P1(=O)OCCCN1C(C)c1ccccc1. The van der Waals surface area contributed by atoms with Crippen molar-refractivity contribution in [2.45, 2.75) is 19.4 Å². The molecule has 2 unspecified atom stereocenters. The molecule has 1 aromatic rings. The van der Waals surface area contributed by atoms with Crippen LogP contribution in [0.25, 0.3) is 0 Å². The number of alkyl halides is 2. The Balaban J connectivity index is 2.71. The zero-order valence-corrected chi connectivity index (χ0v) is 14.4. The molecule has 7 heteroatoms. The lowest BCUT2D eigenvalue weighted by Crippen LogP contribution is -2.40. The molecule has 0 saturated carbocycles. The van der Waals surface area contributed by atoms with Gasteiger partial charge in [-0.3, -0.25) is 4.57 Å². The second-order valence-electron chi connectivity index (χ2n) is 4.65. The summed E-state index contributed by atoms with van der Waals surface area (Å²) in [6, 6.07) is 8.07. The molecule has 1 aliphatic heterocycles. The quantitative estimate of drug-likeness (QED) is 0.519. The maximum atomic E-state index is 14.2. The van der Waals surface area contributed by atoms with Crippen LogP contribution in [0.4, 0.5) is 0 Å². The lowest BCUT2D eigenvalue weighted by atomic mass is 10.1. The van der Waals surface area contributed by atoms with Crippen LogP contribution in [0.3, 0.4) is 0 Å². The van der Waals surface area contributed by atoms with Gasteiger partial charge in [0.2, 0.25) is 0 Å². The van der Waals surface area contributed by atoms with Crippen molar-refractivity contribution in [3.8, 4) is 0 Å². The van der Waals surface area contributed by atoms with E-state index in [9.17, 15) is 4.57 Å². The number of rotatable bonds is 7. The van der Waals surface area contributed by atoms with E-state index in [1.807, 2.05) is 0 Å². The summed E-state index contributed by atoms with van der Waals surface area (Å²) in [4.78, 5) is 0. The van der Waals surface area contributed by atoms with Crippen LogP contribution in [-0.2, 0) is 9.09 Å². The van der Waals surface area contributed by atoms with Crippen molar-refractivity contribution in [1.82, 2.24) is 9.34 Å². The van der Waals surface area contributed by atoms with Gasteiger partial charge in [0.05, 0.1) is 6.61 Å². The first-order valence-electron chi connectivity index (χ1n) is 10.7. The topological polar surface area (TPSA) is 32.8 Å². The van der Waals surface area contributed by atoms with Crippen LogP contribution in [0.2, 0.25) is 0 Å². The third-order valence-electron chi connectivity index (χ3n) is 3.39. The van der Waals surface area contributed by atoms with Crippen LogP contribution < -0.4 is 0 Å². The van der Waals surface area contributed by atoms with E-state index in [1.54, 1.807) is 37.3 Å². The molecule has 0 amide bonds. The fraction of sp³-hybridized carbons (Fsp3) is 0.600. The van der Waals surface area contributed by atoms with E-state index >= 15 is 0 Å². The minimum Gasteiger partial charge on any atom is -0.306 e. The Labute approximate surface area is 154 Å². The monoisotopic (exact) mass is 380 g/mol. The minimum atomic E-state index is -4.72. The predicted octanol–water partition coefficient (Wildman–Crippen LogP) is 4.36. The van der Waals surface area contributed by atoms with E-state index in [0.717, 1.165) is 0 Å². The van der Waals surface area contributed by atoms with Crippen molar-refractivity contribution in [3.63, 3.8) is 0 Å². The molecule has 0 bridgehead atoms. The number of benzene rings is 1. The fourth-order valence-electron chi connectivity index (χ4n) is 2.33. The van der Waals surface area contributed by atoms with Crippen molar-refractivity contribution < 1.29 is 20.1 Å². The minimum absolute atomic E-state index is 0.0917. The van der Waals surface area contributed by atoms with Gasteiger partial charge in [0.1, 0.15) is 0 Å². The first kappa shape index (κ1) is 10.0. The van der Waals surface area contributed by atoms with Crippen LogP contribution >= 0.6 is 30.9 Å². The first-order chi connectivity index (χ1) is 13.5. The normalized spacial score (nSPS) is 32.5. The second-order valence-corrected chi connectivity index (χ2v) is 7.18. The van der Waals surface area contributed by atoms with Crippen molar-refractivity contribution in [2.24, 2.45) is 0 Å². The van der Waals surface area contributed by atoms with Gasteiger partial charge in [-0.25, -0.2) is 9.34 Å². The molecule has 1 fully saturated rings. The van der Waals surface area contributed by atoms with Crippen LogP contribution in [0.15, 0.2) is 30.3 Å². The second kappa shape index (κ2) is 8.68. The van der Waals surface area contributed by atoms with Gasteiger partial charge >= 0.3 is 7.67 Å². The highest BCUT2D eigenvalue weighted by Gasteiger charge is 2.43. The third kappa shape index (κ3) is 4.05. The third-order valence-corrected chi connectivity index (χ3v) is 5.98. The van der Waals surface area contributed by atoms with Gasteiger partial charge in [-0.2, -0.15) is 0 Å². The van der Waals surface area contributed by atoms with Crippen molar-refractivity contribution in [2.75, 3.05) is 37.8 Å². The lowest BCUT2D eigenvalue weighted by Gasteiger charge is -2.43. The van der Waals surface area contributed by atoms with E-state index in [4.69, 9.17) is 38.7 Å². The van der Waals surface area contributed by atoms with Gasteiger partial charge in [0.15, 0.2) is 0 Å². The van der Waals surface area contributed by atoms with E-state index in [1.165, 1.54) is 4.67 Å². The summed E-state index contributed by atoms with van der Waals surface area (Å²) in [6.07, 6.45) is 0.391. The molecule has 1 heterocycles. The van der Waals surface area contributed by atoms with Gasteiger partial charge in [0, 0.05) is 48.2 Å². The van der Waals surface area contributed by atoms with Crippen LogP contribution in [0.5, 0.6) is 0 Å². The Morgan fingerprint density at radius 1 is 1.36 bits per heavy atom. The van der Waals surface area contributed by atoms with Crippen LogP contribution in [-0.4, -0.2) is 47.2 Å². The number of nitrogens with zero attached hydrogens (tertiary/aromatic N) is 2. The summed E-state index contributed by atoms with van der Waals surface area (Å²) in [6.45, 7) is -5.31. The first-order valence-corrected chi connectivity index (χ1v) is 9.02. The van der Waals surface area contributed by atoms with Gasteiger partial charge < -0.3 is 4.52 Å². The molecule has 22 heavy (non-hydrogen) atoms. The molecule has 0 aromatic heterocycles. The number of hydrogen-bond donors (Lipinski definition) is 0. The van der Waals surface area contributed by atoms with E-state index < -0.39 is 38.4 Å². The summed E-state index contributed by atoms with van der Waals surface area (Å²) in [5.74, 6) is -6.52. The summed E-state index contributed by atoms with van der Waals surface area (Å²) in [5, 5.41) is 0. The van der Waals surface area contributed by atoms with Gasteiger partial charge in [-0.1, -0.05) is 30.3 Å². The van der Waals surface area contributed by atoms with Crippen LogP contribution in [0, 0.1) is 0 Å². The zero-order valence-electron chi connectivity index (χ0n) is 20.0. The summed E-state index contributed by atoms with van der Waals surface area (Å²) < 4.78 is 84.3. The predicted molar refractivity (Wildman–Crippen MR) is 92.8 cm³/mol.